The summed E-state index contributed by atoms with van der Waals surface area (Å²) in [6.45, 7) is 1.42. The van der Waals surface area contributed by atoms with Gasteiger partial charge in [0, 0.05) is 43.2 Å². The van der Waals surface area contributed by atoms with Crippen LogP contribution in [0.1, 0.15) is 35.2 Å². The van der Waals surface area contributed by atoms with Gasteiger partial charge in [-0.3, -0.25) is 19.8 Å². The van der Waals surface area contributed by atoms with Crippen molar-refractivity contribution in [1.82, 2.24) is 19.8 Å². The first-order chi connectivity index (χ1) is 16.8. The third kappa shape index (κ3) is 5.48. The summed E-state index contributed by atoms with van der Waals surface area (Å²) in [7, 11) is 1.90. The number of aryl methyl sites for hydroxylation is 1. The van der Waals surface area contributed by atoms with Crippen molar-refractivity contribution in [2.75, 3.05) is 26.2 Å². The maximum absolute atomic E-state index is 12.6. The Bertz CT molecular complexity index is 1280. The highest BCUT2D eigenvalue weighted by Gasteiger charge is 2.20. The van der Waals surface area contributed by atoms with E-state index in [2.05, 4.69) is 10.3 Å². The van der Waals surface area contributed by atoms with E-state index in [0.29, 0.717) is 36.2 Å². The molecule has 10 heteroatoms. The van der Waals surface area contributed by atoms with Gasteiger partial charge < -0.3 is 25.3 Å². The minimum absolute atomic E-state index is 0.00374. The number of amidine groups is 1. The maximum atomic E-state index is 12.6. The van der Waals surface area contributed by atoms with Crippen LogP contribution < -0.4 is 11.1 Å². The normalized spacial score (nSPS) is 13.3. The van der Waals surface area contributed by atoms with Crippen LogP contribution in [-0.4, -0.2) is 64.3 Å². The molecule has 1 fully saturated rings. The van der Waals surface area contributed by atoms with Gasteiger partial charge in [0.2, 0.25) is 5.91 Å². The van der Waals surface area contributed by atoms with Crippen LogP contribution in [0.3, 0.4) is 0 Å². The molecule has 1 aliphatic rings. The quantitative estimate of drug-likeness (QED) is 0.244. The lowest BCUT2D eigenvalue weighted by atomic mass is 10.1. The van der Waals surface area contributed by atoms with E-state index < -0.39 is 5.97 Å². The Labute approximate surface area is 202 Å². The van der Waals surface area contributed by atoms with Crippen LogP contribution in [0, 0.1) is 5.41 Å². The van der Waals surface area contributed by atoms with Crippen molar-refractivity contribution in [3.05, 3.63) is 53.6 Å². The molecule has 1 saturated heterocycles. The predicted molar refractivity (Wildman–Crippen MR) is 131 cm³/mol. The number of aromatic nitrogens is 2. The summed E-state index contributed by atoms with van der Waals surface area (Å²) in [5, 5.41) is 10.3. The minimum atomic E-state index is -0.419. The zero-order valence-corrected chi connectivity index (χ0v) is 19.5. The summed E-state index contributed by atoms with van der Waals surface area (Å²) in [6, 6.07) is 12.5. The van der Waals surface area contributed by atoms with E-state index in [1.54, 1.807) is 29.2 Å². The zero-order chi connectivity index (χ0) is 24.9. The second-order valence-corrected chi connectivity index (χ2v) is 8.40. The fourth-order valence-electron chi connectivity index (χ4n) is 4.06. The molecule has 2 heterocycles. The average molecular weight is 477 g/mol. The summed E-state index contributed by atoms with van der Waals surface area (Å²) in [6.07, 6.45) is 1.45. The van der Waals surface area contributed by atoms with Crippen LogP contribution >= 0.6 is 0 Å². The molecule has 2 aromatic carbocycles. The molecule has 0 aliphatic carbocycles. The second-order valence-electron chi connectivity index (χ2n) is 8.40. The first-order valence-electron chi connectivity index (χ1n) is 11.5. The Hall–Kier alpha value is -4.21. The molecule has 0 saturated carbocycles. The summed E-state index contributed by atoms with van der Waals surface area (Å²) < 4.78 is 7.10. The Morgan fingerprint density at radius 3 is 2.60 bits per heavy atom. The van der Waals surface area contributed by atoms with E-state index in [9.17, 15) is 14.4 Å². The van der Waals surface area contributed by atoms with E-state index in [1.807, 2.05) is 29.8 Å². The molecular weight excluding hydrogens is 448 g/mol. The van der Waals surface area contributed by atoms with Gasteiger partial charge in [-0.15, -0.1) is 0 Å². The predicted octanol–water partition coefficient (Wildman–Crippen LogP) is 1.81. The fourth-order valence-corrected chi connectivity index (χ4v) is 4.06. The number of carbonyl (C=O) groups is 3. The van der Waals surface area contributed by atoms with E-state index in [1.165, 1.54) is 0 Å². The summed E-state index contributed by atoms with van der Waals surface area (Å²) in [5.41, 5.74) is 9.01. The molecule has 0 spiro atoms. The second kappa shape index (κ2) is 10.4. The highest BCUT2D eigenvalue weighted by atomic mass is 16.5. The zero-order valence-electron chi connectivity index (χ0n) is 19.5. The monoisotopic (exact) mass is 476 g/mol. The Kier molecular flexibility index (Phi) is 7.09. The number of nitrogens with zero attached hydrogens (tertiary/aromatic N) is 3. The molecule has 1 aliphatic heterocycles. The number of imidazole rings is 1. The van der Waals surface area contributed by atoms with Crippen LogP contribution in [0.15, 0.2) is 42.5 Å². The molecule has 10 nitrogen and oxygen atoms in total. The molecule has 3 aromatic rings. The number of fused-ring (bicyclic) bond motifs is 1. The molecule has 0 atom stereocenters. The molecule has 2 amide bonds. The number of hydrogen-bond donors (Lipinski definition) is 3. The number of nitrogens with one attached hydrogen (secondary N) is 2. The standard InChI is InChI=1S/C25H28N6O4/c1-30-20-9-8-18(15-19(20)29-24(30)17-6-4-16(5-7-17)23(26)27)25(34)28-11-10-22(33)35-14-13-31-12-2-3-21(31)32/h4-9,15H,2-3,10-14H2,1H3,(H3,26,27)(H,28,34). The molecule has 4 N–H and O–H groups in total. The lowest BCUT2D eigenvalue weighted by molar-refractivity contribution is -0.145. The number of nitrogen functional groups attached to an aromatic ring is 1. The minimum Gasteiger partial charge on any atom is -0.464 e. The van der Waals surface area contributed by atoms with Crippen LogP contribution in [0.2, 0.25) is 0 Å². The number of amides is 2. The first kappa shape index (κ1) is 23.9. The number of rotatable bonds is 9. The van der Waals surface area contributed by atoms with E-state index in [-0.39, 0.29) is 37.2 Å². The van der Waals surface area contributed by atoms with Crippen molar-refractivity contribution in [2.24, 2.45) is 12.8 Å². The van der Waals surface area contributed by atoms with Gasteiger partial charge in [-0.25, -0.2) is 4.98 Å². The van der Waals surface area contributed by atoms with Crippen LogP contribution in [-0.2, 0) is 21.4 Å². The maximum Gasteiger partial charge on any atom is 0.307 e. The number of benzene rings is 2. The third-order valence-corrected chi connectivity index (χ3v) is 6.01. The van der Waals surface area contributed by atoms with Gasteiger partial charge in [0.05, 0.1) is 24.0 Å². The summed E-state index contributed by atoms with van der Waals surface area (Å²) in [5.74, 6) is 0.101. The summed E-state index contributed by atoms with van der Waals surface area (Å²) in [4.78, 5) is 42.4. The number of likely N-dealkylation sites (tertiary alicyclic amines) is 1. The van der Waals surface area contributed by atoms with Crippen LogP contribution in [0.25, 0.3) is 22.4 Å². The van der Waals surface area contributed by atoms with Crippen molar-refractivity contribution in [2.45, 2.75) is 19.3 Å². The molecule has 4 rings (SSSR count). The van der Waals surface area contributed by atoms with Gasteiger partial charge in [0.25, 0.3) is 5.91 Å². The fraction of sp³-hybridized carbons (Fsp3) is 0.320. The molecule has 0 unspecified atom stereocenters. The topological polar surface area (TPSA) is 143 Å². The van der Waals surface area contributed by atoms with Crippen LogP contribution in [0.5, 0.6) is 0 Å². The van der Waals surface area contributed by atoms with Gasteiger partial charge in [-0.2, -0.15) is 0 Å². The lowest BCUT2D eigenvalue weighted by Gasteiger charge is -2.15. The number of esters is 1. The number of hydrogen-bond acceptors (Lipinski definition) is 6. The van der Waals surface area contributed by atoms with Crippen molar-refractivity contribution in [3.8, 4) is 11.4 Å². The smallest absolute Gasteiger partial charge is 0.307 e. The highest BCUT2D eigenvalue weighted by Crippen LogP contribution is 2.25. The molecular formula is C25H28N6O4. The summed E-state index contributed by atoms with van der Waals surface area (Å²) >= 11 is 0. The average Bonchev–Trinajstić information content (AvgIpc) is 3.41. The molecule has 0 bridgehead atoms. The van der Waals surface area contributed by atoms with Gasteiger partial charge >= 0.3 is 5.97 Å². The number of carbonyl (C=O) groups excluding carboxylic acids is 3. The van der Waals surface area contributed by atoms with Crippen molar-refractivity contribution in [1.29, 1.82) is 5.41 Å². The molecule has 0 radical (unpaired) electrons. The van der Waals surface area contributed by atoms with Gasteiger partial charge in [0.15, 0.2) is 0 Å². The third-order valence-electron chi connectivity index (χ3n) is 6.01. The SMILES string of the molecule is Cn1c(-c2ccc(C(=N)N)cc2)nc2cc(C(=O)NCCC(=O)OCCN3CCCC3=O)ccc21. The first-order valence-corrected chi connectivity index (χ1v) is 11.5. The molecule has 182 valence electrons. The van der Waals surface area contributed by atoms with Crippen molar-refractivity contribution < 1.29 is 19.1 Å². The number of ether oxygens (including phenoxy) is 1. The molecule has 1 aromatic heterocycles. The van der Waals surface area contributed by atoms with Crippen LogP contribution in [0.4, 0.5) is 0 Å². The van der Waals surface area contributed by atoms with Crippen molar-refractivity contribution in [3.63, 3.8) is 0 Å². The van der Waals surface area contributed by atoms with E-state index in [0.717, 1.165) is 23.3 Å². The highest BCUT2D eigenvalue weighted by molar-refractivity contribution is 5.98. The Balaban J connectivity index is 1.32. The van der Waals surface area contributed by atoms with E-state index >= 15 is 0 Å². The van der Waals surface area contributed by atoms with Gasteiger partial charge in [0.1, 0.15) is 18.3 Å². The number of nitrogens with two attached hydrogens (primary N) is 1. The Morgan fingerprint density at radius 2 is 1.91 bits per heavy atom. The largest absolute Gasteiger partial charge is 0.464 e. The van der Waals surface area contributed by atoms with Crippen molar-refractivity contribution >= 4 is 34.7 Å². The lowest BCUT2D eigenvalue weighted by Crippen LogP contribution is -2.30. The Morgan fingerprint density at radius 1 is 1.17 bits per heavy atom. The van der Waals surface area contributed by atoms with Gasteiger partial charge in [-0.05, 0) is 24.6 Å². The van der Waals surface area contributed by atoms with Gasteiger partial charge in [-0.1, -0.05) is 24.3 Å². The molecule has 35 heavy (non-hydrogen) atoms. The van der Waals surface area contributed by atoms with E-state index in [4.69, 9.17) is 15.9 Å².